The molecule has 5 heteroatoms. The lowest BCUT2D eigenvalue weighted by atomic mass is 10.1. The van der Waals surface area contributed by atoms with E-state index < -0.39 is 0 Å². The van der Waals surface area contributed by atoms with E-state index in [2.05, 4.69) is 0 Å². The summed E-state index contributed by atoms with van der Waals surface area (Å²) < 4.78 is 0. The molecule has 1 aromatic rings. The topological polar surface area (TPSA) is 66.6 Å². The number of hydrazine groups is 1. The van der Waals surface area contributed by atoms with E-state index in [1.54, 1.807) is 34.2 Å². The first-order chi connectivity index (χ1) is 8.20. The van der Waals surface area contributed by atoms with E-state index in [0.29, 0.717) is 37.3 Å². The number of aldehydes is 1. The molecule has 5 nitrogen and oxygen atoms in total. The van der Waals surface area contributed by atoms with Crippen molar-refractivity contribution in [3.8, 4) is 0 Å². The summed E-state index contributed by atoms with van der Waals surface area (Å²) in [4.78, 5) is 24.5. The molecule has 0 spiro atoms. The van der Waals surface area contributed by atoms with Crippen LogP contribution in [0.4, 0.5) is 0 Å². The van der Waals surface area contributed by atoms with Crippen molar-refractivity contribution in [2.75, 3.05) is 26.2 Å². The fourth-order valence-electron chi connectivity index (χ4n) is 1.85. The summed E-state index contributed by atoms with van der Waals surface area (Å²) in [7, 11) is 0. The smallest absolute Gasteiger partial charge is 0.253 e. The molecule has 1 amide bonds. The molecule has 0 aliphatic carbocycles. The van der Waals surface area contributed by atoms with E-state index in [4.69, 9.17) is 5.84 Å². The normalized spacial score (nSPS) is 16.9. The van der Waals surface area contributed by atoms with E-state index in [1.807, 2.05) is 0 Å². The zero-order valence-electron chi connectivity index (χ0n) is 9.50. The molecule has 0 atom stereocenters. The Morgan fingerprint density at radius 2 is 1.94 bits per heavy atom. The van der Waals surface area contributed by atoms with Crippen LogP contribution in [0.2, 0.25) is 0 Å². The molecule has 1 aliphatic heterocycles. The van der Waals surface area contributed by atoms with Gasteiger partial charge in [0.2, 0.25) is 0 Å². The summed E-state index contributed by atoms with van der Waals surface area (Å²) in [6, 6.07) is 6.74. The van der Waals surface area contributed by atoms with Gasteiger partial charge in [-0.05, 0) is 12.1 Å². The van der Waals surface area contributed by atoms with Crippen molar-refractivity contribution in [3.05, 3.63) is 35.4 Å². The van der Waals surface area contributed by atoms with Gasteiger partial charge in [0.25, 0.3) is 5.91 Å². The Balaban J connectivity index is 2.11. The first kappa shape index (κ1) is 11.8. The average molecular weight is 233 g/mol. The third kappa shape index (κ3) is 2.69. The zero-order chi connectivity index (χ0) is 12.3. The average Bonchev–Trinajstić information content (AvgIpc) is 2.39. The number of nitrogens with zero attached hydrogens (tertiary/aromatic N) is 2. The number of rotatable bonds is 2. The summed E-state index contributed by atoms with van der Waals surface area (Å²) in [6.07, 6.45) is 0.745. The van der Waals surface area contributed by atoms with Crippen molar-refractivity contribution in [3.63, 3.8) is 0 Å². The summed E-state index contributed by atoms with van der Waals surface area (Å²) in [6.45, 7) is 2.61. The van der Waals surface area contributed by atoms with Crippen LogP contribution in [-0.2, 0) is 0 Å². The number of nitrogens with two attached hydrogens (primary N) is 1. The van der Waals surface area contributed by atoms with Gasteiger partial charge in [-0.25, -0.2) is 5.01 Å². The van der Waals surface area contributed by atoms with E-state index in [9.17, 15) is 9.59 Å². The number of carbonyl (C=O) groups is 2. The molecule has 0 radical (unpaired) electrons. The second-order valence-electron chi connectivity index (χ2n) is 4.07. The van der Waals surface area contributed by atoms with Crippen LogP contribution in [0.5, 0.6) is 0 Å². The number of benzene rings is 1. The predicted octanol–water partition coefficient (Wildman–Crippen LogP) is 0.131. The minimum absolute atomic E-state index is 0.0400. The maximum absolute atomic E-state index is 12.1. The minimum atomic E-state index is -0.0400. The summed E-state index contributed by atoms with van der Waals surface area (Å²) in [5.74, 6) is 5.59. The van der Waals surface area contributed by atoms with Crippen molar-refractivity contribution < 1.29 is 9.59 Å². The quantitative estimate of drug-likeness (QED) is 0.582. The molecular formula is C12H15N3O2. The monoisotopic (exact) mass is 233 g/mol. The highest BCUT2D eigenvalue weighted by molar-refractivity contribution is 5.95. The molecule has 1 aliphatic rings. The molecule has 90 valence electrons. The zero-order valence-corrected chi connectivity index (χ0v) is 9.50. The Morgan fingerprint density at radius 1 is 1.24 bits per heavy atom. The largest absolute Gasteiger partial charge is 0.336 e. The van der Waals surface area contributed by atoms with Gasteiger partial charge >= 0.3 is 0 Å². The fraction of sp³-hybridized carbons (Fsp3) is 0.333. The summed E-state index contributed by atoms with van der Waals surface area (Å²) >= 11 is 0. The van der Waals surface area contributed by atoms with Crippen LogP contribution in [-0.4, -0.2) is 48.3 Å². The predicted molar refractivity (Wildman–Crippen MR) is 63.5 cm³/mol. The highest BCUT2D eigenvalue weighted by Gasteiger charge is 2.20. The molecule has 1 heterocycles. The van der Waals surface area contributed by atoms with Crippen LogP contribution in [0.3, 0.4) is 0 Å². The van der Waals surface area contributed by atoms with Crippen molar-refractivity contribution in [1.29, 1.82) is 0 Å². The van der Waals surface area contributed by atoms with E-state index in [-0.39, 0.29) is 5.91 Å². The van der Waals surface area contributed by atoms with E-state index in [0.717, 1.165) is 6.29 Å². The second kappa shape index (κ2) is 5.07. The highest BCUT2D eigenvalue weighted by atomic mass is 16.2. The lowest BCUT2D eigenvalue weighted by Crippen LogP contribution is -2.51. The van der Waals surface area contributed by atoms with E-state index >= 15 is 0 Å². The van der Waals surface area contributed by atoms with Crippen LogP contribution in [0.1, 0.15) is 20.7 Å². The Hall–Kier alpha value is -1.72. The van der Waals surface area contributed by atoms with Gasteiger partial charge in [-0.2, -0.15) is 0 Å². The molecule has 0 bridgehead atoms. The first-order valence-electron chi connectivity index (χ1n) is 5.55. The molecule has 2 rings (SSSR count). The molecule has 0 aromatic heterocycles. The van der Waals surface area contributed by atoms with Crippen molar-refractivity contribution in [2.24, 2.45) is 5.84 Å². The van der Waals surface area contributed by atoms with Crippen LogP contribution in [0, 0.1) is 0 Å². The van der Waals surface area contributed by atoms with Crippen LogP contribution >= 0.6 is 0 Å². The molecule has 1 aromatic carbocycles. The number of carbonyl (C=O) groups excluding carboxylic acids is 2. The van der Waals surface area contributed by atoms with Crippen LogP contribution in [0.25, 0.3) is 0 Å². The third-order valence-corrected chi connectivity index (χ3v) is 2.87. The fourth-order valence-corrected chi connectivity index (χ4v) is 1.85. The van der Waals surface area contributed by atoms with E-state index in [1.165, 1.54) is 0 Å². The molecular weight excluding hydrogens is 218 g/mol. The molecule has 0 unspecified atom stereocenters. The number of amides is 1. The second-order valence-corrected chi connectivity index (χ2v) is 4.07. The van der Waals surface area contributed by atoms with Crippen LogP contribution < -0.4 is 5.84 Å². The maximum Gasteiger partial charge on any atom is 0.253 e. The van der Waals surface area contributed by atoms with Crippen molar-refractivity contribution in [1.82, 2.24) is 9.91 Å². The van der Waals surface area contributed by atoms with Gasteiger partial charge in [0, 0.05) is 37.3 Å². The Bertz CT molecular complexity index is 426. The SMILES string of the molecule is NN1CCN(C(=O)c2cccc(C=O)c2)CC1. The van der Waals surface area contributed by atoms with Gasteiger partial charge in [-0.3, -0.25) is 15.4 Å². The summed E-state index contributed by atoms with van der Waals surface area (Å²) in [5, 5.41) is 1.70. The highest BCUT2D eigenvalue weighted by Crippen LogP contribution is 2.09. The number of piperazine rings is 1. The minimum Gasteiger partial charge on any atom is -0.336 e. The van der Waals surface area contributed by atoms with Gasteiger partial charge in [0.05, 0.1) is 0 Å². The van der Waals surface area contributed by atoms with Gasteiger partial charge in [0.15, 0.2) is 0 Å². The maximum atomic E-state index is 12.1. The lowest BCUT2D eigenvalue weighted by molar-refractivity contribution is 0.0638. The number of hydrogen-bond donors (Lipinski definition) is 1. The molecule has 0 saturated carbocycles. The molecule has 2 N–H and O–H groups in total. The van der Waals surface area contributed by atoms with Crippen molar-refractivity contribution in [2.45, 2.75) is 0 Å². The molecule has 1 fully saturated rings. The lowest BCUT2D eigenvalue weighted by Gasteiger charge is -2.32. The van der Waals surface area contributed by atoms with Crippen molar-refractivity contribution >= 4 is 12.2 Å². The van der Waals surface area contributed by atoms with Gasteiger partial charge in [0.1, 0.15) is 6.29 Å². The molecule has 1 saturated heterocycles. The van der Waals surface area contributed by atoms with Gasteiger partial charge in [-0.15, -0.1) is 0 Å². The molecule has 17 heavy (non-hydrogen) atoms. The van der Waals surface area contributed by atoms with Gasteiger partial charge < -0.3 is 4.90 Å². The number of hydrogen-bond acceptors (Lipinski definition) is 4. The third-order valence-electron chi connectivity index (χ3n) is 2.87. The Labute approximate surface area is 99.8 Å². The standard InChI is InChI=1S/C12H15N3O2/c13-15-6-4-14(5-7-15)12(17)11-3-1-2-10(8-11)9-16/h1-3,8-9H,4-7,13H2. The van der Waals surface area contributed by atoms with Gasteiger partial charge in [-0.1, -0.05) is 12.1 Å². The summed E-state index contributed by atoms with van der Waals surface area (Å²) in [5.41, 5.74) is 1.08. The van der Waals surface area contributed by atoms with Crippen LogP contribution in [0.15, 0.2) is 24.3 Å². The first-order valence-corrected chi connectivity index (χ1v) is 5.55. The Morgan fingerprint density at radius 3 is 2.59 bits per heavy atom. The Kier molecular flexibility index (Phi) is 3.51.